The van der Waals surface area contributed by atoms with E-state index in [0.717, 1.165) is 21.2 Å². The molecule has 1 fully saturated rings. The molecular weight excluding hydrogens is 308 g/mol. The Morgan fingerprint density at radius 3 is 2.50 bits per heavy atom. The van der Waals surface area contributed by atoms with E-state index in [1.807, 2.05) is 24.3 Å². The summed E-state index contributed by atoms with van der Waals surface area (Å²) in [6, 6.07) is 7.72. The first-order valence-electron chi connectivity index (χ1n) is 7.91. The third-order valence-corrected chi connectivity index (χ3v) is 4.58. The number of fused-ring (bicyclic) bond motifs is 2. The lowest BCUT2D eigenvalue weighted by Gasteiger charge is -2.30. The van der Waals surface area contributed by atoms with Crippen molar-refractivity contribution in [2.24, 2.45) is 14.1 Å². The molecule has 7 heteroatoms. The van der Waals surface area contributed by atoms with Gasteiger partial charge in [0.2, 0.25) is 0 Å². The molecule has 1 saturated heterocycles. The van der Waals surface area contributed by atoms with Crippen molar-refractivity contribution in [2.45, 2.75) is 0 Å². The summed E-state index contributed by atoms with van der Waals surface area (Å²) in [6.07, 6.45) is 0. The molecule has 0 N–H and O–H groups in total. The van der Waals surface area contributed by atoms with Gasteiger partial charge in [-0.05, 0) is 6.07 Å². The highest BCUT2D eigenvalue weighted by atomic mass is 16.5. The van der Waals surface area contributed by atoms with Gasteiger partial charge in [-0.1, -0.05) is 18.2 Å². The van der Waals surface area contributed by atoms with Gasteiger partial charge in [-0.15, -0.1) is 0 Å². The number of rotatable bonds is 1. The molecule has 24 heavy (non-hydrogen) atoms. The van der Waals surface area contributed by atoms with Crippen LogP contribution in [0.1, 0.15) is 0 Å². The number of benzene rings is 1. The fraction of sp³-hybridized carbons (Fsp3) is 0.353. The number of anilines is 1. The average Bonchev–Trinajstić information content (AvgIpc) is 2.63. The number of hydrogen-bond donors (Lipinski definition) is 0. The van der Waals surface area contributed by atoms with E-state index in [0.29, 0.717) is 37.3 Å². The number of morpholine rings is 1. The Bertz CT molecular complexity index is 1060. The zero-order valence-electron chi connectivity index (χ0n) is 13.7. The molecule has 1 aliphatic heterocycles. The number of hydrogen-bond acceptors (Lipinski definition) is 5. The van der Waals surface area contributed by atoms with Gasteiger partial charge in [-0.3, -0.25) is 13.9 Å². The summed E-state index contributed by atoms with van der Waals surface area (Å²) < 4.78 is 8.03. The molecule has 2 aromatic heterocycles. The van der Waals surface area contributed by atoms with Gasteiger partial charge in [0.05, 0.1) is 24.4 Å². The number of ether oxygens (including phenoxy) is 1. The Labute approximate surface area is 137 Å². The van der Waals surface area contributed by atoms with Crippen LogP contribution in [0.4, 0.5) is 5.69 Å². The summed E-state index contributed by atoms with van der Waals surface area (Å²) in [7, 11) is 3.15. The molecule has 3 aromatic rings. The molecule has 7 nitrogen and oxygen atoms in total. The summed E-state index contributed by atoms with van der Waals surface area (Å²) in [5, 5.41) is 1.41. The van der Waals surface area contributed by atoms with E-state index < -0.39 is 0 Å². The third-order valence-electron chi connectivity index (χ3n) is 4.58. The minimum Gasteiger partial charge on any atom is -0.378 e. The van der Waals surface area contributed by atoms with Crippen LogP contribution in [0.2, 0.25) is 0 Å². The van der Waals surface area contributed by atoms with Crippen molar-refractivity contribution in [2.75, 3.05) is 31.2 Å². The molecule has 3 heterocycles. The first-order chi connectivity index (χ1) is 11.6. The molecule has 1 aromatic carbocycles. The van der Waals surface area contributed by atoms with Crippen LogP contribution in [0.15, 0.2) is 33.9 Å². The van der Waals surface area contributed by atoms with Gasteiger partial charge < -0.3 is 9.64 Å². The van der Waals surface area contributed by atoms with Gasteiger partial charge in [0, 0.05) is 32.6 Å². The third kappa shape index (κ3) is 2.05. The van der Waals surface area contributed by atoms with Crippen molar-refractivity contribution in [3.63, 3.8) is 0 Å². The molecule has 0 spiro atoms. The maximum absolute atomic E-state index is 12.9. The van der Waals surface area contributed by atoms with Crippen LogP contribution in [-0.2, 0) is 18.8 Å². The Balaban J connectivity index is 2.23. The van der Waals surface area contributed by atoms with Crippen molar-refractivity contribution < 1.29 is 4.74 Å². The van der Waals surface area contributed by atoms with Gasteiger partial charge in [-0.25, -0.2) is 9.78 Å². The predicted octanol–water partition coefficient (Wildman–Crippen LogP) is 0.622. The van der Waals surface area contributed by atoms with Gasteiger partial charge >= 0.3 is 5.69 Å². The smallest absolute Gasteiger partial charge is 0.332 e. The largest absolute Gasteiger partial charge is 0.378 e. The van der Waals surface area contributed by atoms with Crippen LogP contribution in [-0.4, -0.2) is 40.4 Å². The molecule has 0 radical (unpaired) electrons. The van der Waals surface area contributed by atoms with E-state index >= 15 is 0 Å². The molecular formula is C17H18N4O3. The maximum atomic E-state index is 12.9. The molecule has 124 valence electrons. The standard InChI is InChI=1S/C17H18N4O3/c1-19-15-13(16(22)20(2)17(19)23)14(21-7-9-24-10-8-21)11-5-3-4-6-12(11)18-15/h3-6H,7-10H2,1-2H3. The van der Waals surface area contributed by atoms with E-state index in [4.69, 9.17) is 4.74 Å². The van der Waals surface area contributed by atoms with Crippen molar-refractivity contribution in [3.8, 4) is 0 Å². The second kappa shape index (κ2) is 5.45. The average molecular weight is 326 g/mol. The lowest BCUT2D eigenvalue weighted by molar-refractivity contribution is 0.123. The summed E-state index contributed by atoms with van der Waals surface area (Å²) in [6.45, 7) is 2.64. The van der Waals surface area contributed by atoms with Crippen LogP contribution in [0.5, 0.6) is 0 Å². The minimum absolute atomic E-state index is 0.312. The van der Waals surface area contributed by atoms with Crippen molar-refractivity contribution in [3.05, 3.63) is 45.1 Å². The lowest BCUT2D eigenvalue weighted by Crippen LogP contribution is -2.40. The predicted molar refractivity (Wildman–Crippen MR) is 92.8 cm³/mol. The van der Waals surface area contributed by atoms with Crippen LogP contribution in [0, 0.1) is 0 Å². The molecule has 1 aliphatic rings. The number of para-hydroxylation sites is 1. The van der Waals surface area contributed by atoms with Crippen molar-refractivity contribution >= 4 is 27.6 Å². The molecule has 4 rings (SSSR count). The fourth-order valence-corrected chi connectivity index (χ4v) is 3.31. The van der Waals surface area contributed by atoms with E-state index in [2.05, 4.69) is 9.88 Å². The van der Waals surface area contributed by atoms with Gasteiger partial charge in [0.25, 0.3) is 5.56 Å². The summed E-state index contributed by atoms with van der Waals surface area (Å²) >= 11 is 0. The van der Waals surface area contributed by atoms with E-state index in [9.17, 15) is 9.59 Å². The summed E-state index contributed by atoms with van der Waals surface area (Å²) in [4.78, 5) is 31.9. The number of nitrogens with zero attached hydrogens (tertiary/aromatic N) is 4. The molecule has 0 atom stereocenters. The van der Waals surface area contributed by atoms with Crippen LogP contribution >= 0.6 is 0 Å². The SMILES string of the molecule is Cn1c(=O)c2c(N3CCOCC3)c3ccccc3nc2n(C)c1=O. The number of aryl methyl sites for hydroxylation is 1. The molecule has 0 bridgehead atoms. The zero-order chi connectivity index (χ0) is 16.8. The van der Waals surface area contributed by atoms with Crippen LogP contribution in [0.25, 0.3) is 21.9 Å². The maximum Gasteiger partial charge on any atom is 0.332 e. The highest BCUT2D eigenvalue weighted by molar-refractivity contribution is 6.06. The zero-order valence-corrected chi connectivity index (χ0v) is 13.7. The summed E-state index contributed by atoms with van der Waals surface area (Å²) in [5.74, 6) is 0. The molecule has 0 amide bonds. The first kappa shape index (κ1) is 14.9. The number of pyridine rings is 1. The Kier molecular flexibility index (Phi) is 3.38. The van der Waals surface area contributed by atoms with Gasteiger partial charge in [0.15, 0.2) is 5.65 Å². The first-order valence-corrected chi connectivity index (χ1v) is 7.91. The molecule has 0 saturated carbocycles. The monoisotopic (exact) mass is 326 g/mol. The molecule has 0 aliphatic carbocycles. The Morgan fingerprint density at radius 1 is 1.04 bits per heavy atom. The quantitative estimate of drug-likeness (QED) is 0.613. The van der Waals surface area contributed by atoms with E-state index in [1.54, 1.807) is 7.05 Å². The van der Waals surface area contributed by atoms with Crippen molar-refractivity contribution in [1.29, 1.82) is 0 Å². The topological polar surface area (TPSA) is 69.4 Å². The fourth-order valence-electron chi connectivity index (χ4n) is 3.31. The Morgan fingerprint density at radius 2 is 1.75 bits per heavy atom. The minimum atomic E-state index is -0.372. The van der Waals surface area contributed by atoms with E-state index in [-0.39, 0.29) is 11.2 Å². The second-order valence-electron chi connectivity index (χ2n) is 5.98. The lowest BCUT2D eigenvalue weighted by atomic mass is 10.1. The summed E-state index contributed by atoms with van der Waals surface area (Å²) in [5.41, 5.74) is 1.35. The van der Waals surface area contributed by atoms with Crippen molar-refractivity contribution in [1.82, 2.24) is 14.1 Å². The highest BCUT2D eigenvalue weighted by Crippen LogP contribution is 2.31. The van der Waals surface area contributed by atoms with Crippen LogP contribution in [0.3, 0.4) is 0 Å². The van der Waals surface area contributed by atoms with Gasteiger partial charge in [0.1, 0.15) is 5.39 Å². The second-order valence-corrected chi connectivity index (χ2v) is 5.98. The van der Waals surface area contributed by atoms with Gasteiger partial charge in [-0.2, -0.15) is 0 Å². The van der Waals surface area contributed by atoms with Crippen LogP contribution < -0.4 is 16.1 Å². The molecule has 0 unspecified atom stereocenters. The Hall–Kier alpha value is -2.67. The highest BCUT2D eigenvalue weighted by Gasteiger charge is 2.22. The van der Waals surface area contributed by atoms with E-state index in [1.165, 1.54) is 11.6 Å². The number of aromatic nitrogens is 3. The normalized spacial score (nSPS) is 15.3.